The number of amides is 2. The normalized spacial score (nSPS) is 22.2. The van der Waals surface area contributed by atoms with Crippen molar-refractivity contribution >= 4 is 34.7 Å². The molecule has 1 saturated carbocycles. The number of nitriles is 1. The van der Waals surface area contributed by atoms with Gasteiger partial charge in [0, 0.05) is 24.2 Å². The molecule has 3 rings (SSSR count). The second-order valence-electron chi connectivity index (χ2n) is 6.92. The van der Waals surface area contributed by atoms with E-state index in [0.717, 1.165) is 12.8 Å². The van der Waals surface area contributed by atoms with E-state index in [4.69, 9.17) is 5.26 Å². The number of rotatable bonds is 6. The van der Waals surface area contributed by atoms with Crippen molar-refractivity contribution in [3.8, 4) is 6.07 Å². The summed E-state index contributed by atoms with van der Waals surface area (Å²) in [7, 11) is 1.31. The molecular formula is C20H22N4O4S. The highest BCUT2D eigenvalue weighted by molar-refractivity contribution is 8.15. The minimum atomic E-state index is -0.416. The van der Waals surface area contributed by atoms with Gasteiger partial charge < -0.3 is 15.0 Å². The smallest absolute Gasteiger partial charge is 0.307 e. The van der Waals surface area contributed by atoms with Crippen LogP contribution in [0.4, 0.5) is 0 Å². The van der Waals surface area contributed by atoms with E-state index in [1.807, 2.05) is 13.0 Å². The number of hydrogen-bond acceptors (Lipinski definition) is 6. The lowest BCUT2D eigenvalue weighted by Crippen LogP contribution is -2.43. The van der Waals surface area contributed by atoms with E-state index in [1.165, 1.54) is 18.9 Å². The summed E-state index contributed by atoms with van der Waals surface area (Å²) in [5.41, 5.74) is 0.868. The average Bonchev–Trinajstić information content (AvgIpc) is 3.51. The van der Waals surface area contributed by atoms with Crippen molar-refractivity contribution in [2.75, 3.05) is 13.7 Å². The van der Waals surface area contributed by atoms with Gasteiger partial charge in [0.15, 0.2) is 5.17 Å². The fourth-order valence-electron chi connectivity index (χ4n) is 3.12. The summed E-state index contributed by atoms with van der Waals surface area (Å²) in [4.78, 5) is 42.7. The summed E-state index contributed by atoms with van der Waals surface area (Å²) in [6, 6.07) is 8.50. The van der Waals surface area contributed by atoms with E-state index < -0.39 is 11.2 Å². The fraction of sp³-hybridized carbons (Fsp3) is 0.450. The third kappa shape index (κ3) is 4.95. The summed E-state index contributed by atoms with van der Waals surface area (Å²) in [6.07, 6.45) is 2.12. The number of hydrogen-bond donors (Lipinski definition) is 1. The lowest BCUT2D eigenvalue weighted by molar-refractivity contribution is -0.140. The molecule has 1 heterocycles. The number of amidine groups is 1. The van der Waals surface area contributed by atoms with E-state index in [-0.39, 0.29) is 36.9 Å². The molecule has 1 aliphatic carbocycles. The number of ether oxygens (including phenoxy) is 1. The largest absolute Gasteiger partial charge is 0.469 e. The SMILES string of the molecule is COC(=O)CCNC(=O)C1SC(=NC(=O)c2ccc(C#N)cc2)N(C2CC2)C1C. The van der Waals surface area contributed by atoms with E-state index in [9.17, 15) is 14.4 Å². The van der Waals surface area contributed by atoms with Gasteiger partial charge in [-0.05, 0) is 44.0 Å². The zero-order valence-corrected chi connectivity index (χ0v) is 17.1. The molecule has 9 heteroatoms. The minimum absolute atomic E-state index is 0.110. The van der Waals surface area contributed by atoms with Crippen molar-refractivity contribution in [2.45, 2.75) is 43.5 Å². The first-order valence-electron chi connectivity index (χ1n) is 9.37. The topological polar surface area (TPSA) is 112 Å². The Morgan fingerprint density at radius 3 is 2.59 bits per heavy atom. The second kappa shape index (κ2) is 9.09. The van der Waals surface area contributed by atoms with Crippen LogP contribution in [-0.4, -0.2) is 58.8 Å². The van der Waals surface area contributed by atoms with Gasteiger partial charge in [0.05, 0.1) is 25.2 Å². The highest BCUT2D eigenvalue weighted by atomic mass is 32.2. The molecule has 1 aromatic carbocycles. The van der Waals surface area contributed by atoms with Crippen molar-refractivity contribution < 1.29 is 19.1 Å². The molecule has 1 N–H and O–H groups in total. The Balaban J connectivity index is 1.71. The molecule has 0 radical (unpaired) electrons. The van der Waals surface area contributed by atoms with Gasteiger partial charge in [-0.2, -0.15) is 10.3 Å². The number of esters is 1. The summed E-state index contributed by atoms with van der Waals surface area (Å²) in [5.74, 6) is -0.970. The number of aliphatic imine (C=N–C) groups is 1. The number of carbonyl (C=O) groups is 3. The van der Waals surface area contributed by atoms with Crippen LogP contribution in [0.2, 0.25) is 0 Å². The summed E-state index contributed by atoms with van der Waals surface area (Å²) < 4.78 is 4.57. The van der Waals surface area contributed by atoms with Crippen LogP contribution in [0, 0.1) is 11.3 Å². The van der Waals surface area contributed by atoms with Gasteiger partial charge in [0.25, 0.3) is 5.91 Å². The first-order valence-corrected chi connectivity index (χ1v) is 10.2. The molecule has 2 aliphatic rings. The molecule has 1 aromatic rings. The molecule has 2 fully saturated rings. The quantitative estimate of drug-likeness (QED) is 0.705. The molecule has 29 heavy (non-hydrogen) atoms. The van der Waals surface area contributed by atoms with Crippen molar-refractivity contribution in [1.82, 2.24) is 10.2 Å². The minimum Gasteiger partial charge on any atom is -0.469 e. The van der Waals surface area contributed by atoms with Gasteiger partial charge >= 0.3 is 5.97 Å². The Morgan fingerprint density at radius 2 is 2.00 bits per heavy atom. The van der Waals surface area contributed by atoms with Gasteiger partial charge in [0.2, 0.25) is 5.91 Å². The van der Waals surface area contributed by atoms with Crippen LogP contribution >= 0.6 is 11.8 Å². The molecule has 0 aromatic heterocycles. The third-order valence-corrected chi connectivity index (χ3v) is 6.22. The molecule has 2 amide bonds. The zero-order valence-electron chi connectivity index (χ0n) is 16.3. The maximum Gasteiger partial charge on any atom is 0.307 e. The van der Waals surface area contributed by atoms with Gasteiger partial charge in [-0.1, -0.05) is 11.8 Å². The predicted octanol–water partition coefficient (Wildman–Crippen LogP) is 1.70. The van der Waals surface area contributed by atoms with Gasteiger partial charge in [-0.3, -0.25) is 14.4 Å². The van der Waals surface area contributed by atoms with Gasteiger partial charge in [-0.25, -0.2) is 0 Å². The third-order valence-electron chi connectivity index (χ3n) is 4.84. The average molecular weight is 414 g/mol. The standard InChI is InChI=1S/C20H22N4O4S/c1-12-17(19(27)22-10-9-16(25)28-2)29-20(24(12)15-7-8-15)23-18(26)14-5-3-13(11-21)4-6-14/h3-6,12,15,17H,7-10H2,1-2H3,(H,22,27). The van der Waals surface area contributed by atoms with Crippen molar-refractivity contribution in [2.24, 2.45) is 4.99 Å². The highest BCUT2D eigenvalue weighted by Crippen LogP contribution is 2.40. The lowest BCUT2D eigenvalue weighted by atomic mass is 10.1. The number of thioether (sulfide) groups is 1. The Kier molecular flexibility index (Phi) is 6.54. The Bertz CT molecular complexity index is 873. The van der Waals surface area contributed by atoms with Crippen molar-refractivity contribution in [1.29, 1.82) is 5.26 Å². The fourth-order valence-corrected chi connectivity index (χ4v) is 4.44. The van der Waals surface area contributed by atoms with Gasteiger partial charge in [-0.15, -0.1) is 0 Å². The first-order chi connectivity index (χ1) is 13.9. The molecule has 0 bridgehead atoms. The monoisotopic (exact) mass is 414 g/mol. The Labute approximate surface area is 173 Å². The van der Waals surface area contributed by atoms with Crippen molar-refractivity contribution in [3.05, 3.63) is 35.4 Å². The molecule has 0 spiro atoms. The maximum absolute atomic E-state index is 12.6. The molecule has 1 saturated heterocycles. The highest BCUT2D eigenvalue weighted by Gasteiger charge is 2.46. The summed E-state index contributed by atoms with van der Waals surface area (Å²) >= 11 is 1.27. The van der Waals surface area contributed by atoms with Crippen LogP contribution in [0.5, 0.6) is 0 Å². The number of methoxy groups -OCH3 is 1. The summed E-state index contributed by atoms with van der Waals surface area (Å²) in [6.45, 7) is 2.15. The van der Waals surface area contributed by atoms with Crippen LogP contribution in [0.15, 0.2) is 29.3 Å². The van der Waals surface area contributed by atoms with E-state index in [1.54, 1.807) is 24.3 Å². The van der Waals surface area contributed by atoms with E-state index >= 15 is 0 Å². The van der Waals surface area contributed by atoms with Crippen molar-refractivity contribution in [3.63, 3.8) is 0 Å². The molecular weight excluding hydrogens is 392 g/mol. The second-order valence-corrected chi connectivity index (χ2v) is 8.03. The van der Waals surface area contributed by atoms with Crippen LogP contribution in [0.1, 0.15) is 42.1 Å². The van der Waals surface area contributed by atoms with Crippen LogP contribution in [0.3, 0.4) is 0 Å². The Morgan fingerprint density at radius 1 is 1.31 bits per heavy atom. The number of carbonyl (C=O) groups excluding carboxylic acids is 3. The van der Waals surface area contributed by atoms with E-state index in [2.05, 4.69) is 19.9 Å². The number of nitrogens with zero attached hydrogens (tertiary/aromatic N) is 3. The van der Waals surface area contributed by atoms with Crippen LogP contribution in [0.25, 0.3) is 0 Å². The number of nitrogens with one attached hydrogen (secondary N) is 1. The number of benzene rings is 1. The Hall–Kier alpha value is -2.86. The molecule has 8 nitrogen and oxygen atoms in total. The van der Waals surface area contributed by atoms with Crippen LogP contribution < -0.4 is 5.32 Å². The van der Waals surface area contributed by atoms with Gasteiger partial charge in [0.1, 0.15) is 5.25 Å². The predicted molar refractivity (Wildman–Crippen MR) is 108 cm³/mol. The lowest BCUT2D eigenvalue weighted by Gasteiger charge is -2.24. The maximum atomic E-state index is 12.6. The molecule has 1 aliphatic heterocycles. The van der Waals surface area contributed by atoms with Crippen LogP contribution in [-0.2, 0) is 14.3 Å². The van der Waals surface area contributed by atoms with E-state index in [0.29, 0.717) is 16.3 Å². The molecule has 152 valence electrons. The first kappa shape index (κ1) is 20.9. The molecule has 2 atom stereocenters. The summed E-state index contributed by atoms with van der Waals surface area (Å²) in [5, 5.41) is 11.8. The zero-order chi connectivity index (χ0) is 21.0. The molecule has 2 unspecified atom stereocenters.